The van der Waals surface area contributed by atoms with Crippen molar-refractivity contribution in [2.24, 2.45) is 0 Å². The maximum absolute atomic E-state index is 15.6. The quantitative estimate of drug-likeness (QED) is 0.121. The molecule has 0 spiro atoms. The Balaban J connectivity index is 0.00000602. The summed E-state index contributed by atoms with van der Waals surface area (Å²) in [4.78, 5) is 13.7. The van der Waals surface area contributed by atoms with Crippen LogP contribution in [0.25, 0.3) is 123 Å². The minimum atomic E-state index is -0.361. The predicted octanol–water partition coefficient (Wildman–Crippen LogP) is 17.9. The number of nitrogens with zero attached hydrogens (tertiary/aromatic N) is 3. The van der Waals surface area contributed by atoms with E-state index in [2.05, 4.69) is 131 Å². The van der Waals surface area contributed by atoms with E-state index in [4.69, 9.17) is 4.98 Å². The van der Waals surface area contributed by atoms with Gasteiger partial charge in [-0.25, -0.2) is 8.78 Å². The molecule has 0 N–H and O–H groups in total. The van der Waals surface area contributed by atoms with E-state index in [0.717, 1.165) is 112 Å². The first-order valence-electron chi connectivity index (χ1n) is 24.3. The maximum atomic E-state index is 15.6. The van der Waals surface area contributed by atoms with E-state index in [9.17, 15) is 0 Å². The van der Waals surface area contributed by atoms with E-state index in [1.807, 2.05) is 109 Å². The molecule has 6 heteroatoms. The summed E-state index contributed by atoms with van der Waals surface area (Å²) in [6, 6.07) is 87.6. The fourth-order valence-electron chi connectivity index (χ4n) is 9.72. The second-order valence-corrected chi connectivity index (χ2v) is 18.0. The zero-order valence-corrected chi connectivity index (χ0v) is 42.6. The van der Waals surface area contributed by atoms with Gasteiger partial charge in [0.2, 0.25) is 0 Å². The Morgan fingerprint density at radius 1 is 0.253 bits per heavy atom. The van der Waals surface area contributed by atoms with Crippen molar-refractivity contribution in [2.45, 2.75) is 0 Å². The number of pyridine rings is 3. The molecule has 0 amide bonds. The summed E-state index contributed by atoms with van der Waals surface area (Å²) in [7, 11) is 0. The van der Waals surface area contributed by atoms with Gasteiger partial charge in [0.1, 0.15) is 11.6 Å². The van der Waals surface area contributed by atoms with Gasteiger partial charge in [-0.2, -0.15) is 0 Å². The van der Waals surface area contributed by atoms with Crippen LogP contribution in [0.15, 0.2) is 255 Å². The molecule has 12 rings (SSSR count). The molecular weight excluding hydrogens is 1100 g/mol. The molecule has 0 radical (unpaired) electrons. The van der Waals surface area contributed by atoms with Crippen LogP contribution in [0.3, 0.4) is 0 Å². The zero-order chi connectivity index (χ0) is 49.8. The van der Waals surface area contributed by atoms with Crippen LogP contribution in [0.4, 0.5) is 8.78 Å². The van der Waals surface area contributed by atoms with Gasteiger partial charge >= 0.3 is 20.1 Å². The first kappa shape index (κ1) is 48.2. The van der Waals surface area contributed by atoms with E-state index in [1.54, 1.807) is 30.7 Å². The Morgan fingerprint density at radius 3 is 1.13 bits per heavy atom. The Hall–Kier alpha value is -9.06. The van der Waals surface area contributed by atoms with Gasteiger partial charge in [0, 0.05) is 18.6 Å². The molecule has 3 nitrogen and oxygen atoms in total. The fourth-order valence-corrected chi connectivity index (χ4v) is 9.72. The minimum Gasteiger partial charge on any atom is -0.305 e. The molecule has 75 heavy (non-hydrogen) atoms. The van der Waals surface area contributed by atoms with Crippen LogP contribution in [-0.4, -0.2) is 15.0 Å². The van der Waals surface area contributed by atoms with E-state index in [-0.39, 0.29) is 31.7 Å². The number of hydrogen-bond donors (Lipinski definition) is 0. The standard InChI is InChI=1S/C69H42F2N3.Ir/c70-57-32-35-60(65(44-57)49-23-27-51(28-24-49)67-16-6-9-37-72-67)55-40-54(41-56(42-55)61-36-33-58(71)45-66(61)50-25-29-52(30-26-50)68-17-7-10-38-73-68)59-14-4-5-15-62(59)63-34-31-53(69-18-8-11-39-74-69)43-64(63)48-21-19-47(20-22-48)46-12-2-1-3-13-46;/h1-27,29,32-45H;/q-3;+3. The molecule has 0 aliphatic heterocycles. The summed E-state index contributed by atoms with van der Waals surface area (Å²) in [6.45, 7) is 0. The largest absolute Gasteiger partial charge is 3.00 e. The van der Waals surface area contributed by atoms with Gasteiger partial charge in [-0.05, 0) is 139 Å². The third-order valence-corrected chi connectivity index (χ3v) is 13.4. The third-order valence-electron chi connectivity index (χ3n) is 13.4. The number of aromatic nitrogens is 3. The van der Waals surface area contributed by atoms with Gasteiger partial charge in [-0.3, -0.25) is 0 Å². The van der Waals surface area contributed by atoms with Crippen molar-refractivity contribution in [1.82, 2.24) is 15.0 Å². The second kappa shape index (κ2) is 21.6. The maximum Gasteiger partial charge on any atom is 3.00 e. The molecule has 356 valence electrons. The first-order chi connectivity index (χ1) is 36.5. The summed E-state index contributed by atoms with van der Waals surface area (Å²) in [6.07, 6.45) is 5.31. The van der Waals surface area contributed by atoms with Crippen LogP contribution in [0.5, 0.6) is 0 Å². The van der Waals surface area contributed by atoms with Crippen molar-refractivity contribution in [3.63, 3.8) is 0 Å². The molecule has 0 unspecified atom stereocenters. The second-order valence-electron chi connectivity index (χ2n) is 18.0. The van der Waals surface area contributed by atoms with Gasteiger partial charge in [0.05, 0.1) is 0 Å². The number of benzene rings is 9. The molecule has 0 bridgehead atoms. The van der Waals surface area contributed by atoms with E-state index in [1.165, 1.54) is 12.1 Å². The molecule has 0 fully saturated rings. The SMILES string of the molecule is Fc1ccc(-c2cc(-c3ccc(F)cc3-c3c[c-]c(-c4ccccn4)cc3)cc(-c3ccccc3-c3c[c-]c(-c4ccccn4)cc3-c3ccc(-c4ccccc4)cc3)c2)c(-c2c[c-]c(-c3ccccn3)cc2)c1.[Ir+3]. The summed E-state index contributed by atoms with van der Waals surface area (Å²) >= 11 is 0. The average Bonchev–Trinajstić information content (AvgIpc) is 3.48. The van der Waals surface area contributed by atoms with Crippen LogP contribution in [0.1, 0.15) is 0 Å². The molecule has 0 atom stereocenters. The molecule has 3 heterocycles. The molecular formula is C69H42F2IrN3. The average molecular weight is 1140 g/mol. The van der Waals surface area contributed by atoms with Crippen molar-refractivity contribution in [3.8, 4) is 123 Å². The number of halogens is 2. The van der Waals surface area contributed by atoms with E-state index < -0.39 is 0 Å². The molecule has 0 aliphatic carbocycles. The van der Waals surface area contributed by atoms with Crippen molar-refractivity contribution >= 4 is 0 Å². The van der Waals surface area contributed by atoms with Crippen molar-refractivity contribution in [2.75, 3.05) is 0 Å². The van der Waals surface area contributed by atoms with Gasteiger partial charge in [-0.15, -0.1) is 83.4 Å². The summed E-state index contributed by atoms with van der Waals surface area (Å²) < 4.78 is 31.2. The smallest absolute Gasteiger partial charge is 0.305 e. The van der Waals surface area contributed by atoms with Crippen LogP contribution >= 0.6 is 0 Å². The van der Waals surface area contributed by atoms with Gasteiger partial charge in [0.25, 0.3) is 0 Å². The van der Waals surface area contributed by atoms with Crippen LogP contribution < -0.4 is 0 Å². The van der Waals surface area contributed by atoms with Crippen LogP contribution in [0.2, 0.25) is 0 Å². The van der Waals surface area contributed by atoms with Crippen LogP contribution in [0, 0.1) is 29.8 Å². The van der Waals surface area contributed by atoms with Gasteiger partial charge < -0.3 is 15.0 Å². The zero-order valence-electron chi connectivity index (χ0n) is 40.2. The molecule has 3 aromatic heterocycles. The summed E-state index contributed by atoms with van der Waals surface area (Å²) in [5.74, 6) is -0.722. The molecule has 0 saturated carbocycles. The first-order valence-corrected chi connectivity index (χ1v) is 24.3. The Labute approximate surface area is 449 Å². The molecule has 12 aromatic rings. The van der Waals surface area contributed by atoms with Crippen molar-refractivity contribution in [3.05, 3.63) is 285 Å². The van der Waals surface area contributed by atoms with Gasteiger partial charge in [0.15, 0.2) is 0 Å². The Morgan fingerprint density at radius 2 is 0.653 bits per heavy atom. The molecule has 0 aliphatic rings. The third kappa shape index (κ3) is 10.2. The van der Waals surface area contributed by atoms with Gasteiger partial charge in [-0.1, -0.05) is 155 Å². The number of rotatable bonds is 11. The van der Waals surface area contributed by atoms with E-state index in [0.29, 0.717) is 11.1 Å². The Kier molecular flexibility index (Phi) is 13.9. The minimum absolute atomic E-state index is 0. The van der Waals surface area contributed by atoms with E-state index >= 15 is 8.78 Å². The fraction of sp³-hybridized carbons (Fsp3) is 0. The number of hydrogen-bond acceptors (Lipinski definition) is 3. The summed E-state index contributed by atoms with van der Waals surface area (Å²) in [5.41, 5.74) is 19.4. The summed E-state index contributed by atoms with van der Waals surface area (Å²) in [5, 5.41) is 0. The Bertz CT molecular complexity index is 3780. The van der Waals surface area contributed by atoms with Crippen molar-refractivity contribution in [1.29, 1.82) is 0 Å². The van der Waals surface area contributed by atoms with Crippen molar-refractivity contribution < 1.29 is 28.9 Å². The van der Waals surface area contributed by atoms with Crippen LogP contribution in [-0.2, 0) is 20.1 Å². The topological polar surface area (TPSA) is 38.7 Å². The molecule has 9 aromatic carbocycles. The monoisotopic (exact) mass is 1140 g/mol. The molecule has 0 saturated heterocycles. The predicted molar refractivity (Wildman–Crippen MR) is 296 cm³/mol. The normalized spacial score (nSPS) is 11.0.